The minimum absolute atomic E-state index is 0.0119. The van der Waals surface area contributed by atoms with Crippen LogP contribution in [0.1, 0.15) is 11.4 Å². The summed E-state index contributed by atoms with van der Waals surface area (Å²) in [6, 6.07) is 10.2. The van der Waals surface area contributed by atoms with Gasteiger partial charge in [0.25, 0.3) is 0 Å². The fourth-order valence-electron chi connectivity index (χ4n) is 4.53. The Hall–Kier alpha value is -4.42. The van der Waals surface area contributed by atoms with Gasteiger partial charge in [-0.15, -0.1) is 0 Å². The number of nitrogens with one attached hydrogen (secondary N) is 3. The van der Waals surface area contributed by atoms with Crippen LogP contribution in [0.2, 0.25) is 0 Å². The topological polar surface area (TPSA) is 134 Å². The number of halogens is 1. The lowest BCUT2D eigenvalue weighted by Crippen LogP contribution is -2.21. The molecular weight excluding hydrogens is 507 g/mol. The van der Waals surface area contributed by atoms with Crippen molar-refractivity contribution < 1.29 is 12.8 Å². The van der Waals surface area contributed by atoms with E-state index in [2.05, 4.69) is 34.9 Å². The van der Waals surface area contributed by atoms with Crippen molar-refractivity contribution >= 4 is 32.0 Å². The van der Waals surface area contributed by atoms with E-state index in [0.717, 1.165) is 51.0 Å². The number of sulfonamides is 1. The van der Waals surface area contributed by atoms with Crippen molar-refractivity contribution in [3.8, 4) is 33.9 Å². The van der Waals surface area contributed by atoms with Gasteiger partial charge in [0.05, 0.1) is 41.2 Å². The zero-order chi connectivity index (χ0) is 26.6. The van der Waals surface area contributed by atoms with E-state index in [0.29, 0.717) is 22.5 Å². The van der Waals surface area contributed by atoms with Crippen molar-refractivity contribution in [3.63, 3.8) is 0 Å². The van der Waals surface area contributed by atoms with Gasteiger partial charge in [-0.05, 0) is 60.0 Å². The molecule has 1 aromatic carbocycles. The molecule has 0 spiro atoms. The number of H-pyrrole nitrogens is 2. The van der Waals surface area contributed by atoms with Crippen molar-refractivity contribution in [2.24, 2.45) is 7.05 Å². The summed E-state index contributed by atoms with van der Waals surface area (Å²) in [5, 5.41) is 9.22. The van der Waals surface area contributed by atoms with E-state index in [1.165, 1.54) is 12.1 Å². The van der Waals surface area contributed by atoms with E-state index in [1.54, 1.807) is 30.7 Å². The van der Waals surface area contributed by atoms with Gasteiger partial charge in [0.2, 0.25) is 10.0 Å². The molecule has 10 nitrogen and oxygen atoms in total. The van der Waals surface area contributed by atoms with Gasteiger partial charge in [-0.25, -0.2) is 27.5 Å². The monoisotopic (exact) mass is 530 g/mol. The highest BCUT2D eigenvalue weighted by atomic mass is 32.2. The number of hydrogen-bond acceptors (Lipinski definition) is 6. The Morgan fingerprint density at radius 1 is 1.05 bits per heavy atom. The van der Waals surface area contributed by atoms with Gasteiger partial charge >= 0.3 is 0 Å². The average molecular weight is 531 g/mol. The summed E-state index contributed by atoms with van der Waals surface area (Å²) in [7, 11) is -1.47. The maximum absolute atomic E-state index is 14.5. The Bertz CT molecular complexity index is 1960. The quantitative estimate of drug-likeness (QED) is 0.297. The number of nitrogens with zero attached hydrogens (tertiary/aromatic N) is 5. The first-order chi connectivity index (χ1) is 18.2. The third kappa shape index (κ3) is 4.33. The number of pyridine rings is 2. The molecule has 0 aliphatic rings. The fraction of sp³-hybridized carbons (Fsp3) is 0.154. The lowest BCUT2D eigenvalue weighted by molar-refractivity contribution is 0.586. The van der Waals surface area contributed by atoms with Crippen molar-refractivity contribution in [3.05, 3.63) is 72.2 Å². The van der Waals surface area contributed by atoms with Crippen LogP contribution >= 0.6 is 0 Å². The number of aromatic amines is 2. The Labute approximate surface area is 217 Å². The van der Waals surface area contributed by atoms with Crippen molar-refractivity contribution in [2.75, 3.05) is 6.26 Å². The molecule has 0 aliphatic carbocycles. The zero-order valence-corrected chi connectivity index (χ0v) is 21.6. The van der Waals surface area contributed by atoms with Gasteiger partial charge in [0.1, 0.15) is 23.0 Å². The van der Waals surface area contributed by atoms with E-state index in [9.17, 15) is 12.8 Å². The summed E-state index contributed by atoms with van der Waals surface area (Å²) in [4.78, 5) is 16.7. The summed E-state index contributed by atoms with van der Waals surface area (Å²) in [6.07, 6.45) is 6.25. The van der Waals surface area contributed by atoms with E-state index in [1.807, 2.05) is 30.7 Å². The van der Waals surface area contributed by atoms with Crippen LogP contribution < -0.4 is 4.72 Å². The maximum atomic E-state index is 14.5. The summed E-state index contributed by atoms with van der Waals surface area (Å²) < 4.78 is 41.9. The maximum Gasteiger partial charge on any atom is 0.209 e. The second-order valence-electron chi connectivity index (χ2n) is 9.18. The van der Waals surface area contributed by atoms with Crippen LogP contribution in [0.15, 0.2) is 55.0 Å². The van der Waals surface area contributed by atoms with Crippen LogP contribution in [-0.4, -0.2) is 49.4 Å². The Morgan fingerprint density at radius 2 is 1.89 bits per heavy atom. The first kappa shape index (κ1) is 23.9. The second kappa shape index (κ2) is 8.85. The number of imidazole rings is 1. The number of rotatable bonds is 6. The molecule has 192 valence electrons. The van der Waals surface area contributed by atoms with Crippen LogP contribution in [0.25, 0.3) is 55.8 Å². The molecule has 5 heterocycles. The van der Waals surface area contributed by atoms with Gasteiger partial charge in [0, 0.05) is 30.6 Å². The van der Waals surface area contributed by atoms with E-state index < -0.39 is 15.8 Å². The Balaban J connectivity index is 1.44. The highest BCUT2D eigenvalue weighted by Crippen LogP contribution is 2.34. The molecule has 3 N–H and O–H groups in total. The minimum Gasteiger partial charge on any atom is -0.338 e. The first-order valence-electron chi connectivity index (χ1n) is 11.7. The van der Waals surface area contributed by atoms with Crippen molar-refractivity contribution in [1.29, 1.82) is 0 Å². The molecule has 0 fully saturated rings. The third-order valence-electron chi connectivity index (χ3n) is 6.52. The molecule has 12 heteroatoms. The first-order valence-corrected chi connectivity index (χ1v) is 13.6. The lowest BCUT2D eigenvalue weighted by atomic mass is 10.0. The molecule has 0 unspecified atom stereocenters. The summed E-state index contributed by atoms with van der Waals surface area (Å²) >= 11 is 0. The standard InChI is InChI=1S/C26H23FN8O2S/c1-14-29-13-24(35(14)2)21-10-20-23(12-30-21)33-34-25(20)22-9-19-18(4-5-28-26(19)32-22)16-6-15(7-17(27)8-16)11-31-38(3,36)37/h4-10,12-13,31H,11H2,1-3H3,(H,28,32)(H,33,34). The molecular formula is C26H23FN8O2S. The van der Waals surface area contributed by atoms with Gasteiger partial charge in [-0.3, -0.25) is 10.1 Å². The van der Waals surface area contributed by atoms with Gasteiger partial charge in [-0.2, -0.15) is 5.10 Å². The Kier molecular flexibility index (Phi) is 5.58. The van der Waals surface area contributed by atoms with E-state index >= 15 is 0 Å². The molecule has 6 aromatic rings. The molecule has 6 rings (SSSR count). The van der Waals surface area contributed by atoms with Crippen molar-refractivity contribution in [2.45, 2.75) is 13.5 Å². The van der Waals surface area contributed by atoms with Gasteiger partial charge in [0.15, 0.2) is 0 Å². The van der Waals surface area contributed by atoms with Crippen LogP contribution in [-0.2, 0) is 23.6 Å². The number of benzene rings is 1. The number of hydrogen-bond donors (Lipinski definition) is 3. The van der Waals surface area contributed by atoms with Gasteiger partial charge in [-0.1, -0.05) is 0 Å². The predicted molar refractivity (Wildman–Crippen MR) is 143 cm³/mol. The highest BCUT2D eigenvalue weighted by molar-refractivity contribution is 7.88. The van der Waals surface area contributed by atoms with Crippen LogP contribution in [0.5, 0.6) is 0 Å². The summed E-state index contributed by atoms with van der Waals surface area (Å²) in [5.74, 6) is 0.424. The summed E-state index contributed by atoms with van der Waals surface area (Å²) in [6.45, 7) is 1.92. The highest BCUT2D eigenvalue weighted by Gasteiger charge is 2.17. The van der Waals surface area contributed by atoms with Crippen molar-refractivity contribution in [1.82, 2.24) is 39.4 Å². The van der Waals surface area contributed by atoms with Crippen LogP contribution in [0.3, 0.4) is 0 Å². The minimum atomic E-state index is -3.42. The second-order valence-corrected chi connectivity index (χ2v) is 11.0. The van der Waals surface area contributed by atoms with E-state index in [-0.39, 0.29) is 6.54 Å². The molecule has 0 atom stereocenters. The smallest absolute Gasteiger partial charge is 0.209 e. The molecule has 0 radical (unpaired) electrons. The average Bonchev–Trinajstić information content (AvgIpc) is 3.58. The molecule has 5 aromatic heterocycles. The Morgan fingerprint density at radius 3 is 2.66 bits per heavy atom. The van der Waals surface area contributed by atoms with Crippen LogP contribution in [0, 0.1) is 12.7 Å². The molecule has 0 saturated carbocycles. The largest absolute Gasteiger partial charge is 0.338 e. The lowest BCUT2D eigenvalue weighted by Gasteiger charge is -2.08. The molecule has 0 amide bonds. The molecule has 38 heavy (non-hydrogen) atoms. The number of aryl methyl sites for hydroxylation is 1. The number of aromatic nitrogens is 7. The van der Waals surface area contributed by atoms with Gasteiger partial charge < -0.3 is 9.55 Å². The van der Waals surface area contributed by atoms with E-state index in [4.69, 9.17) is 0 Å². The van der Waals surface area contributed by atoms with Crippen LogP contribution in [0.4, 0.5) is 4.39 Å². The molecule has 0 bridgehead atoms. The number of fused-ring (bicyclic) bond motifs is 2. The molecule has 0 saturated heterocycles. The third-order valence-corrected chi connectivity index (χ3v) is 7.19. The normalized spacial score (nSPS) is 12.1. The SMILES string of the molecule is Cc1ncc(-c2cc3c(-c4cc5c(-c6cc(F)cc(CNS(C)(=O)=O)c6)ccnc5[nH]4)n[nH]c3cn2)n1C. The fourth-order valence-corrected chi connectivity index (χ4v) is 4.96. The predicted octanol–water partition coefficient (Wildman–Crippen LogP) is 4.07. The summed E-state index contributed by atoms with van der Waals surface area (Å²) in [5.41, 5.74) is 6.37. The zero-order valence-electron chi connectivity index (χ0n) is 20.7. The molecule has 0 aliphatic heterocycles.